The summed E-state index contributed by atoms with van der Waals surface area (Å²) in [5.74, 6) is -0.105. The van der Waals surface area contributed by atoms with Gasteiger partial charge >= 0.3 is 5.97 Å². The molecule has 1 rings (SSSR count). The summed E-state index contributed by atoms with van der Waals surface area (Å²) < 4.78 is 11.4. The molecule has 1 aliphatic rings. The van der Waals surface area contributed by atoms with Crippen molar-refractivity contribution in [2.75, 3.05) is 13.2 Å². The van der Waals surface area contributed by atoms with Gasteiger partial charge in [0.1, 0.15) is 0 Å². The van der Waals surface area contributed by atoms with Crippen molar-refractivity contribution in [2.45, 2.75) is 71.4 Å². The van der Waals surface area contributed by atoms with E-state index >= 15 is 0 Å². The third kappa shape index (κ3) is 5.79. The first-order valence-corrected chi connectivity index (χ1v) is 8.29. The molecule has 2 atom stereocenters. The zero-order chi connectivity index (χ0) is 15.7. The monoisotopic (exact) mass is 297 g/mol. The van der Waals surface area contributed by atoms with Crippen molar-refractivity contribution in [1.29, 1.82) is 0 Å². The number of nitrogens with two attached hydrogens (primary N) is 1. The molecule has 0 saturated heterocycles. The number of unbranched alkanes of at least 4 members (excludes halogenated alkanes) is 2. The molecule has 2 N–H and O–H groups in total. The van der Waals surface area contributed by atoms with Crippen LogP contribution >= 0.6 is 0 Å². The summed E-state index contributed by atoms with van der Waals surface area (Å²) in [7, 11) is 0. The minimum atomic E-state index is -0.465. The summed E-state index contributed by atoms with van der Waals surface area (Å²) in [5.41, 5.74) is 5.31. The SMILES string of the molecule is CCCCOC(=O)C1([C@@H](/C=C/[C@@H](C)N)OCCCC)CC1. The van der Waals surface area contributed by atoms with Crippen LogP contribution in [0.25, 0.3) is 0 Å². The van der Waals surface area contributed by atoms with Crippen LogP contribution in [0.3, 0.4) is 0 Å². The molecule has 0 aromatic rings. The Balaban J connectivity index is 2.64. The van der Waals surface area contributed by atoms with E-state index in [0.717, 1.165) is 38.5 Å². The first-order chi connectivity index (χ1) is 10.1. The number of carbonyl (C=O) groups excluding carboxylic acids is 1. The maximum atomic E-state index is 12.4. The van der Waals surface area contributed by atoms with Gasteiger partial charge in [0.25, 0.3) is 0 Å². The highest BCUT2D eigenvalue weighted by Crippen LogP contribution is 2.51. The minimum absolute atomic E-state index is 0.0332. The fourth-order valence-corrected chi connectivity index (χ4v) is 2.22. The van der Waals surface area contributed by atoms with Crippen LogP contribution in [0.1, 0.15) is 59.3 Å². The Kier molecular flexibility index (Phi) is 7.97. The predicted molar refractivity (Wildman–Crippen MR) is 85.0 cm³/mol. The zero-order valence-electron chi connectivity index (χ0n) is 13.8. The van der Waals surface area contributed by atoms with Crippen LogP contribution in [-0.4, -0.2) is 31.3 Å². The average molecular weight is 297 g/mol. The predicted octanol–water partition coefficient (Wildman–Crippen LogP) is 3.20. The molecule has 21 heavy (non-hydrogen) atoms. The van der Waals surface area contributed by atoms with Crippen molar-refractivity contribution in [1.82, 2.24) is 0 Å². The molecule has 0 unspecified atom stereocenters. The van der Waals surface area contributed by atoms with Crippen molar-refractivity contribution in [3.8, 4) is 0 Å². The highest BCUT2D eigenvalue weighted by atomic mass is 16.5. The molecule has 1 fully saturated rings. The van der Waals surface area contributed by atoms with E-state index < -0.39 is 5.41 Å². The first kappa shape index (κ1) is 18.2. The zero-order valence-corrected chi connectivity index (χ0v) is 13.8. The molecule has 0 aliphatic heterocycles. The lowest BCUT2D eigenvalue weighted by atomic mass is 9.98. The molecule has 1 aliphatic carbocycles. The number of rotatable bonds is 11. The summed E-state index contributed by atoms with van der Waals surface area (Å²) >= 11 is 0. The highest BCUT2D eigenvalue weighted by Gasteiger charge is 2.57. The molecule has 0 spiro atoms. The smallest absolute Gasteiger partial charge is 0.315 e. The van der Waals surface area contributed by atoms with E-state index in [2.05, 4.69) is 13.8 Å². The second-order valence-electron chi connectivity index (χ2n) is 6.03. The third-order valence-electron chi connectivity index (χ3n) is 3.86. The Morgan fingerprint density at radius 3 is 2.33 bits per heavy atom. The van der Waals surface area contributed by atoms with Gasteiger partial charge in [-0.1, -0.05) is 38.8 Å². The maximum absolute atomic E-state index is 12.4. The Morgan fingerprint density at radius 2 is 1.81 bits per heavy atom. The van der Waals surface area contributed by atoms with Crippen LogP contribution in [0, 0.1) is 5.41 Å². The van der Waals surface area contributed by atoms with Gasteiger partial charge in [-0.2, -0.15) is 0 Å². The lowest BCUT2D eigenvalue weighted by Crippen LogP contribution is -2.33. The lowest BCUT2D eigenvalue weighted by molar-refractivity contribution is -0.155. The van der Waals surface area contributed by atoms with Gasteiger partial charge in [0.2, 0.25) is 0 Å². The molecular weight excluding hydrogens is 266 g/mol. The van der Waals surface area contributed by atoms with Gasteiger partial charge < -0.3 is 15.2 Å². The van der Waals surface area contributed by atoms with E-state index in [9.17, 15) is 4.79 Å². The van der Waals surface area contributed by atoms with Crippen molar-refractivity contribution in [3.63, 3.8) is 0 Å². The molecular formula is C17H31NO3. The number of ether oxygens (including phenoxy) is 2. The molecule has 4 nitrogen and oxygen atoms in total. The number of hydrogen-bond acceptors (Lipinski definition) is 4. The molecule has 0 radical (unpaired) electrons. The maximum Gasteiger partial charge on any atom is 0.315 e. The summed E-state index contributed by atoms with van der Waals surface area (Å²) in [5, 5.41) is 0. The van der Waals surface area contributed by atoms with E-state index in [0.29, 0.717) is 13.2 Å². The van der Waals surface area contributed by atoms with Gasteiger partial charge in [-0.25, -0.2) is 0 Å². The number of carbonyl (C=O) groups is 1. The van der Waals surface area contributed by atoms with Crippen molar-refractivity contribution in [3.05, 3.63) is 12.2 Å². The van der Waals surface area contributed by atoms with Crippen LogP contribution in [0.5, 0.6) is 0 Å². The fourth-order valence-electron chi connectivity index (χ4n) is 2.22. The van der Waals surface area contributed by atoms with Crippen LogP contribution in [0.2, 0.25) is 0 Å². The van der Waals surface area contributed by atoms with Crippen molar-refractivity contribution < 1.29 is 14.3 Å². The van der Waals surface area contributed by atoms with Gasteiger partial charge in [-0.05, 0) is 32.6 Å². The Hall–Kier alpha value is -0.870. The molecule has 122 valence electrons. The van der Waals surface area contributed by atoms with E-state index in [1.54, 1.807) is 0 Å². The van der Waals surface area contributed by atoms with E-state index in [1.807, 2.05) is 19.1 Å². The Morgan fingerprint density at radius 1 is 1.19 bits per heavy atom. The molecule has 0 aromatic carbocycles. The highest BCUT2D eigenvalue weighted by molar-refractivity contribution is 5.81. The quantitative estimate of drug-likeness (QED) is 0.361. The van der Waals surface area contributed by atoms with Crippen LogP contribution < -0.4 is 5.73 Å². The first-order valence-electron chi connectivity index (χ1n) is 8.29. The minimum Gasteiger partial charge on any atom is -0.465 e. The Labute approximate surface area is 129 Å². The second-order valence-corrected chi connectivity index (χ2v) is 6.03. The standard InChI is InChI=1S/C17H31NO3/c1-4-6-12-20-15(9-8-14(3)18)17(10-11-17)16(19)21-13-7-5-2/h8-9,14-15H,4-7,10-13,18H2,1-3H3/b9-8+/t14-,15-/m1/s1. The van der Waals surface area contributed by atoms with Gasteiger partial charge in [-0.15, -0.1) is 0 Å². The Bertz CT molecular complexity index is 335. The lowest BCUT2D eigenvalue weighted by Gasteiger charge is -2.23. The van der Waals surface area contributed by atoms with Crippen LogP contribution in [-0.2, 0) is 14.3 Å². The van der Waals surface area contributed by atoms with Gasteiger partial charge in [0.15, 0.2) is 0 Å². The van der Waals surface area contributed by atoms with Crippen molar-refractivity contribution in [2.24, 2.45) is 11.1 Å². The summed E-state index contributed by atoms with van der Waals surface area (Å²) in [6.45, 7) is 7.31. The molecule has 0 bridgehead atoms. The summed E-state index contributed by atoms with van der Waals surface area (Å²) in [6.07, 6.45) is 9.38. The molecule has 1 saturated carbocycles. The molecule has 0 amide bonds. The summed E-state index contributed by atoms with van der Waals surface area (Å²) in [6, 6.07) is -0.0332. The topological polar surface area (TPSA) is 61.5 Å². The van der Waals surface area contributed by atoms with Crippen molar-refractivity contribution >= 4 is 5.97 Å². The third-order valence-corrected chi connectivity index (χ3v) is 3.86. The van der Waals surface area contributed by atoms with E-state index in [1.165, 1.54) is 0 Å². The average Bonchev–Trinajstić information content (AvgIpc) is 3.24. The summed E-state index contributed by atoms with van der Waals surface area (Å²) in [4.78, 5) is 12.4. The number of hydrogen-bond donors (Lipinski definition) is 1. The van der Waals surface area contributed by atoms with Gasteiger partial charge in [-0.3, -0.25) is 4.79 Å². The van der Waals surface area contributed by atoms with Crippen LogP contribution in [0.4, 0.5) is 0 Å². The molecule has 0 heterocycles. The second kappa shape index (κ2) is 9.21. The van der Waals surface area contributed by atoms with Gasteiger partial charge in [0.05, 0.1) is 18.1 Å². The van der Waals surface area contributed by atoms with E-state index in [-0.39, 0.29) is 18.1 Å². The largest absolute Gasteiger partial charge is 0.465 e. The molecule has 4 heteroatoms. The normalized spacial score (nSPS) is 19.4. The number of esters is 1. The van der Waals surface area contributed by atoms with E-state index in [4.69, 9.17) is 15.2 Å². The van der Waals surface area contributed by atoms with Gasteiger partial charge in [0, 0.05) is 12.6 Å². The molecule has 0 aromatic heterocycles. The fraction of sp³-hybridized carbons (Fsp3) is 0.824. The van der Waals surface area contributed by atoms with Crippen LogP contribution in [0.15, 0.2) is 12.2 Å².